The fourth-order valence-corrected chi connectivity index (χ4v) is 2.63. The summed E-state index contributed by atoms with van der Waals surface area (Å²) >= 11 is 0. The third-order valence-electron chi connectivity index (χ3n) is 3.83. The molecule has 5 nitrogen and oxygen atoms in total. The van der Waals surface area contributed by atoms with Crippen molar-refractivity contribution in [3.8, 4) is 0 Å². The molecule has 3 rings (SSSR count). The first-order chi connectivity index (χ1) is 10.1. The Hall–Kier alpha value is -2.40. The Balaban J connectivity index is 2.03. The molecular weight excluding hydrogens is 268 g/mol. The van der Waals surface area contributed by atoms with E-state index >= 15 is 0 Å². The summed E-state index contributed by atoms with van der Waals surface area (Å²) < 4.78 is 5.44. The second kappa shape index (κ2) is 5.18. The van der Waals surface area contributed by atoms with Crippen molar-refractivity contribution in [2.24, 2.45) is 0 Å². The standard InChI is InChI=1S/C16H16N2O3/c1-17-15(13-4-3-7-21-13)11-6-5-10-9-14(19)18(2)16(20)12(10)8-11/h3-8,15,17H,9H2,1-2H3. The van der Waals surface area contributed by atoms with E-state index in [-0.39, 0.29) is 24.3 Å². The number of hydrogen-bond acceptors (Lipinski definition) is 4. The van der Waals surface area contributed by atoms with Crippen molar-refractivity contribution in [2.45, 2.75) is 12.5 Å². The number of carbonyl (C=O) groups is 2. The van der Waals surface area contributed by atoms with Gasteiger partial charge < -0.3 is 9.73 Å². The molecule has 0 fully saturated rings. The normalized spacial score (nSPS) is 16.0. The van der Waals surface area contributed by atoms with Gasteiger partial charge in [0.2, 0.25) is 5.91 Å². The first kappa shape index (κ1) is 13.6. The Morgan fingerprint density at radius 1 is 1.29 bits per heavy atom. The van der Waals surface area contributed by atoms with Gasteiger partial charge in [-0.05, 0) is 36.4 Å². The molecule has 1 atom stereocenters. The van der Waals surface area contributed by atoms with E-state index in [9.17, 15) is 9.59 Å². The fourth-order valence-electron chi connectivity index (χ4n) is 2.63. The number of nitrogens with zero attached hydrogens (tertiary/aromatic N) is 1. The lowest BCUT2D eigenvalue weighted by Gasteiger charge is -2.24. The number of nitrogens with one attached hydrogen (secondary N) is 1. The van der Waals surface area contributed by atoms with Crippen LogP contribution in [0.15, 0.2) is 41.0 Å². The van der Waals surface area contributed by atoms with Gasteiger partial charge in [0.1, 0.15) is 5.76 Å². The second-order valence-corrected chi connectivity index (χ2v) is 5.09. The Kier molecular flexibility index (Phi) is 3.35. The number of likely N-dealkylation sites (N-methyl/N-ethyl adjacent to an activating group) is 1. The lowest BCUT2D eigenvalue weighted by atomic mass is 9.93. The van der Waals surface area contributed by atoms with E-state index in [1.165, 1.54) is 11.9 Å². The average molecular weight is 284 g/mol. The van der Waals surface area contributed by atoms with Gasteiger partial charge in [-0.25, -0.2) is 0 Å². The molecule has 0 bridgehead atoms. The Bertz CT molecular complexity index is 692. The quantitative estimate of drug-likeness (QED) is 0.872. The van der Waals surface area contributed by atoms with Gasteiger partial charge in [-0.3, -0.25) is 14.5 Å². The zero-order chi connectivity index (χ0) is 15.0. The molecule has 0 aliphatic carbocycles. The van der Waals surface area contributed by atoms with Gasteiger partial charge in [0.05, 0.1) is 18.7 Å². The molecule has 0 saturated carbocycles. The monoisotopic (exact) mass is 284 g/mol. The van der Waals surface area contributed by atoms with Crippen molar-refractivity contribution in [1.29, 1.82) is 0 Å². The Morgan fingerprint density at radius 2 is 2.10 bits per heavy atom. The molecule has 5 heteroatoms. The minimum Gasteiger partial charge on any atom is -0.467 e. The number of hydrogen-bond donors (Lipinski definition) is 1. The largest absolute Gasteiger partial charge is 0.467 e. The van der Waals surface area contributed by atoms with Crippen LogP contribution < -0.4 is 5.32 Å². The van der Waals surface area contributed by atoms with Gasteiger partial charge in [-0.2, -0.15) is 0 Å². The average Bonchev–Trinajstić information content (AvgIpc) is 3.00. The van der Waals surface area contributed by atoms with E-state index in [0.29, 0.717) is 5.56 Å². The fraction of sp³-hybridized carbons (Fsp3) is 0.250. The van der Waals surface area contributed by atoms with Crippen molar-refractivity contribution in [2.75, 3.05) is 14.1 Å². The molecule has 1 unspecified atom stereocenters. The molecule has 1 aliphatic rings. The number of fused-ring (bicyclic) bond motifs is 1. The van der Waals surface area contributed by atoms with Crippen LogP contribution in [0.3, 0.4) is 0 Å². The molecule has 21 heavy (non-hydrogen) atoms. The lowest BCUT2D eigenvalue weighted by Crippen LogP contribution is -2.39. The highest BCUT2D eigenvalue weighted by molar-refractivity contribution is 6.09. The maximum absolute atomic E-state index is 12.2. The third kappa shape index (κ3) is 2.25. The Morgan fingerprint density at radius 3 is 2.76 bits per heavy atom. The second-order valence-electron chi connectivity index (χ2n) is 5.09. The minimum absolute atomic E-state index is 0.124. The molecular formula is C16H16N2O3. The van der Waals surface area contributed by atoms with E-state index in [4.69, 9.17) is 4.42 Å². The number of carbonyl (C=O) groups excluding carboxylic acids is 2. The van der Waals surface area contributed by atoms with E-state index in [0.717, 1.165) is 16.9 Å². The summed E-state index contributed by atoms with van der Waals surface area (Å²) in [5.41, 5.74) is 2.30. The van der Waals surface area contributed by atoms with Gasteiger partial charge in [-0.15, -0.1) is 0 Å². The summed E-state index contributed by atoms with van der Waals surface area (Å²) in [5.74, 6) is 0.360. The SMILES string of the molecule is CNC(c1ccc2c(c1)C(=O)N(C)C(=O)C2)c1ccco1. The van der Waals surface area contributed by atoms with Crippen LogP contribution in [0.4, 0.5) is 0 Å². The van der Waals surface area contributed by atoms with Crippen molar-refractivity contribution in [1.82, 2.24) is 10.2 Å². The molecule has 0 saturated heterocycles. The van der Waals surface area contributed by atoms with Gasteiger partial charge in [-0.1, -0.05) is 12.1 Å². The third-order valence-corrected chi connectivity index (χ3v) is 3.83. The molecule has 1 aromatic heterocycles. The molecule has 2 heterocycles. The van der Waals surface area contributed by atoms with E-state index in [2.05, 4.69) is 5.32 Å². The van der Waals surface area contributed by atoms with Crippen LogP contribution in [0.5, 0.6) is 0 Å². The number of benzene rings is 1. The molecule has 108 valence electrons. The van der Waals surface area contributed by atoms with Crippen LogP contribution in [-0.4, -0.2) is 30.8 Å². The van der Waals surface area contributed by atoms with Crippen LogP contribution in [-0.2, 0) is 11.2 Å². The van der Waals surface area contributed by atoms with E-state index < -0.39 is 0 Å². The van der Waals surface area contributed by atoms with Crippen LogP contribution in [0.2, 0.25) is 0 Å². The smallest absolute Gasteiger partial charge is 0.260 e. The van der Waals surface area contributed by atoms with Gasteiger partial charge in [0.15, 0.2) is 0 Å². The highest BCUT2D eigenvalue weighted by atomic mass is 16.3. The van der Waals surface area contributed by atoms with Crippen molar-refractivity contribution in [3.05, 3.63) is 59.0 Å². The molecule has 1 aromatic carbocycles. The van der Waals surface area contributed by atoms with Crippen molar-refractivity contribution in [3.63, 3.8) is 0 Å². The molecule has 0 radical (unpaired) electrons. The molecule has 1 N–H and O–H groups in total. The Labute approximate surface area is 122 Å². The summed E-state index contributed by atoms with van der Waals surface area (Å²) in [6, 6.07) is 9.20. The van der Waals surface area contributed by atoms with Crippen molar-refractivity contribution < 1.29 is 14.0 Å². The van der Waals surface area contributed by atoms with E-state index in [1.807, 2.05) is 37.4 Å². The highest BCUT2D eigenvalue weighted by Crippen LogP contribution is 2.27. The summed E-state index contributed by atoms with van der Waals surface area (Å²) in [5, 5.41) is 3.18. The predicted octanol–water partition coefficient (Wildman–Crippen LogP) is 1.74. The number of amides is 2. The maximum Gasteiger partial charge on any atom is 0.260 e. The first-order valence-electron chi connectivity index (χ1n) is 6.76. The van der Waals surface area contributed by atoms with Crippen molar-refractivity contribution >= 4 is 11.8 Å². The van der Waals surface area contributed by atoms with Crippen LogP contribution in [0, 0.1) is 0 Å². The van der Waals surface area contributed by atoms with Crippen LogP contribution in [0.1, 0.15) is 33.3 Å². The maximum atomic E-state index is 12.2. The molecule has 2 aromatic rings. The molecule has 0 spiro atoms. The number of rotatable bonds is 3. The zero-order valence-corrected chi connectivity index (χ0v) is 11.9. The van der Waals surface area contributed by atoms with Gasteiger partial charge >= 0.3 is 0 Å². The van der Waals surface area contributed by atoms with Gasteiger partial charge in [0, 0.05) is 12.6 Å². The van der Waals surface area contributed by atoms with E-state index in [1.54, 1.807) is 6.26 Å². The summed E-state index contributed by atoms with van der Waals surface area (Å²) in [6.07, 6.45) is 1.89. The number of imide groups is 1. The zero-order valence-electron chi connectivity index (χ0n) is 11.9. The predicted molar refractivity (Wildman–Crippen MR) is 76.9 cm³/mol. The summed E-state index contributed by atoms with van der Waals surface area (Å²) in [4.78, 5) is 25.1. The number of furan rings is 1. The summed E-state index contributed by atoms with van der Waals surface area (Å²) in [7, 11) is 3.35. The minimum atomic E-state index is -0.252. The van der Waals surface area contributed by atoms with Crippen LogP contribution in [0.25, 0.3) is 0 Å². The molecule has 2 amide bonds. The van der Waals surface area contributed by atoms with Crippen LogP contribution >= 0.6 is 0 Å². The summed E-state index contributed by atoms with van der Waals surface area (Å²) in [6.45, 7) is 0. The first-order valence-corrected chi connectivity index (χ1v) is 6.76. The highest BCUT2D eigenvalue weighted by Gasteiger charge is 2.29. The molecule has 1 aliphatic heterocycles. The topological polar surface area (TPSA) is 62.6 Å². The lowest BCUT2D eigenvalue weighted by molar-refractivity contribution is -0.127. The van der Waals surface area contributed by atoms with Gasteiger partial charge in [0.25, 0.3) is 5.91 Å².